The van der Waals surface area contributed by atoms with Crippen LogP contribution in [0, 0.1) is 12.8 Å². The first kappa shape index (κ1) is 27.6. The van der Waals surface area contributed by atoms with E-state index in [2.05, 4.69) is 20.8 Å². The fraction of sp³-hybridized carbons (Fsp3) is 0.393. The summed E-state index contributed by atoms with van der Waals surface area (Å²) in [6, 6.07) is 6.16. The number of benzene rings is 1. The van der Waals surface area contributed by atoms with Crippen LogP contribution < -0.4 is 20.1 Å². The van der Waals surface area contributed by atoms with Crippen LogP contribution in [-0.2, 0) is 11.3 Å². The first-order valence-corrected chi connectivity index (χ1v) is 12.7. The van der Waals surface area contributed by atoms with Gasteiger partial charge in [0, 0.05) is 49.2 Å². The van der Waals surface area contributed by atoms with Crippen LogP contribution in [0.5, 0.6) is 11.5 Å². The Kier molecular flexibility index (Phi) is 8.48. The Hall–Kier alpha value is -4.41. The van der Waals surface area contributed by atoms with Crippen molar-refractivity contribution in [2.45, 2.75) is 39.8 Å². The summed E-state index contributed by atoms with van der Waals surface area (Å²) in [7, 11) is 3.06. The second-order valence-corrected chi connectivity index (χ2v) is 9.84. The molecule has 1 aliphatic heterocycles. The van der Waals surface area contributed by atoms with Crippen molar-refractivity contribution < 1.29 is 28.4 Å². The number of nitrogens with zero attached hydrogens (tertiary/aromatic N) is 3. The van der Waals surface area contributed by atoms with Crippen LogP contribution in [0.25, 0.3) is 11.1 Å². The summed E-state index contributed by atoms with van der Waals surface area (Å²) in [5, 5.41) is 9.60. The quantitative estimate of drug-likeness (QED) is 0.509. The molecule has 0 fully saturated rings. The molecule has 4 bridgehead atoms. The number of fused-ring (bicyclic) bond motifs is 5. The molecule has 3 heterocycles. The third kappa shape index (κ3) is 6.36. The summed E-state index contributed by atoms with van der Waals surface area (Å²) >= 11 is 0. The van der Waals surface area contributed by atoms with Crippen LogP contribution in [0.3, 0.4) is 0 Å². The van der Waals surface area contributed by atoms with Gasteiger partial charge in [0.25, 0.3) is 11.8 Å². The van der Waals surface area contributed by atoms with Crippen molar-refractivity contribution >= 4 is 17.7 Å². The van der Waals surface area contributed by atoms with Crippen LogP contribution in [-0.4, -0.2) is 66.1 Å². The zero-order chi connectivity index (χ0) is 28.1. The number of pyridine rings is 1. The minimum atomic E-state index is -0.760. The van der Waals surface area contributed by atoms with Gasteiger partial charge in [0.2, 0.25) is 5.91 Å². The first-order chi connectivity index (χ1) is 18.7. The smallest absolute Gasteiger partial charge is 0.276 e. The molecule has 39 heavy (non-hydrogen) atoms. The second-order valence-electron chi connectivity index (χ2n) is 9.84. The van der Waals surface area contributed by atoms with Crippen molar-refractivity contribution in [2.75, 3.05) is 27.3 Å². The van der Waals surface area contributed by atoms with Crippen molar-refractivity contribution in [2.24, 2.45) is 5.92 Å². The van der Waals surface area contributed by atoms with Gasteiger partial charge in [0.1, 0.15) is 11.8 Å². The molecule has 0 saturated carbocycles. The number of rotatable bonds is 5. The highest BCUT2D eigenvalue weighted by molar-refractivity contribution is 5.98. The van der Waals surface area contributed by atoms with E-state index in [4.69, 9.17) is 14.0 Å². The van der Waals surface area contributed by atoms with E-state index in [1.54, 1.807) is 36.2 Å². The molecule has 11 nitrogen and oxygen atoms in total. The number of hydrogen-bond donors (Lipinski definition) is 2. The zero-order valence-electron chi connectivity index (χ0n) is 22.7. The monoisotopic (exact) mass is 535 g/mol. The fourth-order valence-corrected chi connectivity index (χ4v) is 4.52. The Bertz CT molecular complexity index is 1370. The van der Waals surface area contributed by atoms with Crippen molar-refractivity contribution in [3.05, 3.63) is 59.2 Å². The van der Waals surface area contributed by atoms with E-state index < -0.39 is 11.9 Å². The van der Waals surface area contributed by atoms with Crippen molar-refractivity contribution in [1.82, 2.24) is 25.7 Å². The lowest BCUT2D eigenvalue weighted by molar-refractivity contribution is -0.123. The number of nitrogens with one attached hydrogen (secondary N) is 2. The Morgan fingerprint density at radius 3 is 2.56 bits per heavy atom. The summed E-state index contributed by atoms with van der Waals surface area (Å²) in [5.74, 6) is 0.489. The molecule has 1 aromatic carbocycles. The average Bonchev–Trinajstić information content (AvgIpc) is 3.36. The van der Waals surface area contributed by atoms with Gasteiger partial charge in [-0.1, -0.05) is 19.0 Å². The molecule has 3 amide bonds. The highest BCUT2D eigenvalue weighted by Gasteiger charge is 2.26. The van der Waals surface area contributed by atoms with E-state index in [1.807, 2.05) is 19.9 Å². The Morgan fingerprint density at radius 2 is 1.90 bits per heavy atom. The van der Waals surface area contributed by atoms with Gasteiger partial charge in [-0.25, -0.2) is 0 Å². The van der Waals surface area contributed by atoms with E-state index in [9.17, 15) is 14.4 Å². The molecule has 0 saturated heterocycles. The molecule has 206 valence electrons. The lowest BCUT2D eigenvalue weighted by Gasteiger charge is -2.24. The number of carbonyl (C=O) groups is 3. The molecule has 1 atom stereocenters. The molecular formula is C28H33N5O6. The second kappa shape index (κ2) is 12.0. The van der Waals surface area contributed by atoms with Crippen LogP contribution in [0.2, 0.25) is 0 Å². The van der Waals surface area contributed by atoms with Gasteiger partial charge in [0.05, 0.1) is 19.8 Å². The molecule has 1 aliphatic rings. The third-order valence-electron chi connectivity index (χ3n) is 6.37. The van der Waals surface area contributed by atoms with Crippen molar-refractivity contribution in [1.29, 1.82) is 0 Å². The Balaban J connectivity index is 1.83. The summed E-state index contributed by atoms with van der Waals surface area (Å²) in [6.07, 6.45) is 3.52. The molecule has 11 heteroatoms. The number of aryl methyl sites for hydroxylation is 1. The normalized spacial score (nSPS) is 16.2. The van der Waals surface area contributed by atoms with Gasteiger partial charge in [-0.15, -0.1) is 0 Å². The van der Waals surface area contributed by atoms with Gasteiger partial charge in [-0.2, -0.15) is 0 Å². The van der Waals surface area contributed by atoms with Gasteiger partial charge in [-0.3, -0.25) is 19.4 Å². The Labute approximate surface area is 226 Å². The van der Waals surface area contributed by atoms with E-state index in [0.717, 1.165) is 5.56 Å². The number of ether oxygens (including phenoxy) is 2. The minimum absolute atomic E-state index is 0.152. The highest BCUT2D eigenvalue weighted by atomic mass is 16.5. The number of methoxy groups -OCH3 is 2. The van der Waals surface area contributed by atoms with E-state index in [0.29, 0.717) is 40.4 Å². The maximum Gasteiger partial charge on any atom is 0.276 e. The maximum atomic E-state index is 13.4. The standard InChI is InChI=1S/C28H33N5O6/c1-16(2)8-22-27(35)30-6-7-33(28(36)23-9-17(3)39-32-23)15-18-10-21(25(38-5)24(11-18)37-4)19-12-20(14-29-13-19)26(34)31-22/h9-14,16,22H,6-8,15H2,1-5H3,(H,30,35)(H,31,34)/t22-/m1/s1. The number of hydrogen-bond acceptors (Lipinski definition) is 8. The van der Waals surface area contributed by atoms with Crippen LogP contribution in [0.15, 0.2) is 41.2 Å². The predicted molar refractivity (Wildman–Crippen MR) is 142 cm³/mol. The van der Waals surface area contributed by atoms with E-state index in [-0.39, 0.29) is 43.1 Å². The average molecular weight is 536 g/mol. The third-order valence-corrected chi connectivity index (χ3v) is 6.37. The highest BCUT2D eigenvalue weighted by Crippen LogP contribution is 2.39. The van der Waals surface area contributed by atoms with E-state index in [1.165, 1.54) is 20.4 Å². The van der Waals surface area contributed by atoms with Crippen LogP contribution in [0.4, 0.5) is 0 Å². The summed E-state index contributed by atoms with van der Waals surface area (Å²) in [6.45, 7) is 6.21. The molecule has 0 radical (unpaired) electrons. The summed E-state index contributed by atoms with van der Waals surface area (Å²) in [4.78, 5) is 45.6. The fourth-order valence-electron chi connectivity index (χ4n) is 4.52. The molecule has 0 aliphatic carbocycles. The topological polar surface area (TPSA) is 136 Å². The molecule has 4 rings (SSSR count). The van der Waals surface area contributed by atoms with Crippen molar-refractivity contribution in [3.8, 4) is 22.6 Å². The molecule has 3 aromatic rings. The largest absolute Gasteiger partial charge is 0.493 e. The summed E-state index contributed by atoms with van der Waals surface area (Å²) in [5.41, 5.74) is 2.46. The molecule has 2 aromatic heterocycles. The lowest BCUT2D eigenvalue weighted by atomic mass is 10.00. The number of aromatic nitrogens is 2. The zero-order valence-corrected chi connectivity index (χ0v) is 22.7. The van der Waals surface area contributed by atoms with Crippen LogP contribution >= 0.6 is 0 Å². The Morgan fingerprint density at radius 1 is 1.13 bits per heavy atom. The molecule has 0 unspecified atom stereocenters. The molecule has 0 spiro atoms. The lowest BCUT2D eigenvalue weighted by Crippen LogP contribution is -2.49. The molecular weight excluding hydrogens is 502 g/mol. The maximum absolute atomic E-state index is 13.4. The molecule has 2 N–H and O–H groups in total. The predicted octanol–water partition coefficient (Wildman–Crippen LogP) is 2.98. The van der Waals surface area contributed by atoms with Gasteiger partial charge in [-0.05, 0) is 43.0 Å². The van der Waals surface area contributed by atoms with Crippen molar-refractivity contribution in [3.63, 3.8) is 0 Å². The number of amides is 3. The van der Waals surface area contributed by atoms with Gasteiger partial charge < -0.3 is 29.5 Å². The first-order valence-electron chi connectivity index (χ1n) is 12.7. The van der Waals surface area contributed by atoms with Crippen LogP contribution in [0.1, 0.15) is 52.4 Å². The van der Waals surface area contributed by atoms with Gasteiger partial charge >= 0.3 is 0 Å². The SMILES string of the molecule is COc1cc2cc(c1OC)-c1cncc(c1)C(=O)N[C@H](CC(C)C)C(=O)NCCN(C(=O)c1cc(C)on1)C2. The minimum Gasteiger partial charge on any atom is -0.493 e. The summed E-state index contributed by atoms with van der Waals surface area (Å²) < 4.78 is 16.4. The van der Waals surface area contributed by atoms with E-state index >= 15 is 0 Å². The van der Waals surface area contributed by atoms with Gasteiger partial charge in [0.15, 0.2) is 17.2 Å². The number of carbonyl (C=O) groups excluding carboxylic acids is 3.